The lowest BCUT2D eigenvalue weighted by atomic mass is 9.94. The average molecular weight is 158 g/mol. The van der Waals surface area contributed by atoms with Crippen molar-refractivity contribution in [2.45, 2.75) is 12.5 Å². The molecule has 0 saturated carbocycles. The van der Waals surface area contributed by atoms with Crippen molar-refractivity contribution >= 4 is 0 Å². The number of nitrogens with zero attached hydrogens (tertiary/aromatic N) is 1. The second-order valence-electron chi connectivity index (χ2n) is 3.32. The Hall–Kier alpha value is -0.120. The molecule has 2 unspecified atom stereocenters. The van der Waals surface area contributed by atoms with Crippen LogP contribution in [0.25, 0.3) is 0 Å². The highest BCUT2D eigenvalue weighted by molar-refractivity contribution is 4.79. The first-order valence-corrected chi connectivity index (χ1v) is 4.19. The molecule has 0 aromatic heterocycles. The summed E-state index contributed by atoms with van der Waals surface area (Å²) in [5.41, 5.74) is 5.62. The molecule has 1 saturated heterocycles. The van der Waals surface area contributed by atoms with E-state index in [2.05, 4.69) is 11.9 Å². The fourth-order valence-corrected chi connectivity index (χ4v) is 1.66. The van der Waals surface area contributed by atoms with E-state index in [-0.39, 0.29) is 0 Å². The van der Waals surface area contributed by atoms with E-state index in [4.69, 9.17) is 10.5 Å². The minimum atomic E-state index is 0.346. The van der Waals surface area contributed by atoms with Crippen LogP contribution in [0.15, 0.2) is 0 Å². The van der Waals surface area contributed by atoms with Gasteiger partial charge in [-0.3, -0.25) is 0 Å². The van der Waals surface area contributed by atoms with Crippen LogP contribution in [0.2, 0.25) is 0 Å². The van der Waals surface area contributed by atoms with Gasteiger partial charge in [-0.2, -0.15) is 0 Å². The van der Waals surface area contributed by atoms with E-state index in [1.54, 1.807) is 7.11 Å². The molecule has 0 aromatic carbocycles. The van der Waals surface area contributed by atoms with Crippen LogP contribution in [0.4, 0.5) is 0 Å². The van der Waals surface area contributed by atoms with Gasteiger partial charge in [0.25, 0.3) is 0 Å². The Bertz CT molecular complexity index is 119. The lowest BCUT2D eigenvalue weighted by Gasteiger charge is -2.35. The van der Waals surface area contributed by atoms with E-state index in [1.165, 1.54) is 6.42 Å². The topological polar surface area (TPSA) is 38.5 Å². The summed E-state index contributed by atoms with van der Waals surface area (Å²) in [6.07, 6.45) is 1.52. The molecule has 0 bridgehead atoms. The van der Waals surface area contributed by atoms with Crippen molar-refractivity contribution < 1.29 is 4.74 Å². The summed E-state index contributed by atoms with van der Waals surface area (Å²) < 4.78 is 5.34. The predicted octanol–water partition coefficient (Wildman–Crippen LogP) is -0.0882. The molecule has 0 aromatic rings. The molecule has 2 atom stereocenters. The maximum Gasteiger partial charge on any atom is 0.0738 e. The normalized spacial score (nSPS) is 34.1. The van der Waals surface area contributed by atoms with Gasteiger partial charge in [0.05, 0.1) is 6.10 Å². The summed E-state index contributed by atoms with van der Waals surface area (Å²) in [6.45, 7) is 2.94. The van der Waals surface area contributed by atoms with Crippen molar-refractivity contribution in [3.63, 3.8) is 0 Å². The molecule has 3 nitrogen and oxygen atoms in total. The zero-order chi connectivity index (χ0) is 8.27. The molecule has 1 aliphatic rings. The zero-order valence-corrected chi connectivity index (χ0v) is 7.42. The van der Waals surface area contributed by atoms with Crippen molar-refractivity contribution in [2.24, 2.45) is 11.7 Å². The third-order valence-electron chi connectivity index (χ3n) is 2.50. The molecule has 66 valence electrons. The minimum absolute atomic E-state index is 0.346. The summed E-state index contributed by atoms with van der Waals surface area (Å²) in [5.74, 6) is 0.566. The zero-order valence-electron chi connectivity index (χ0n) is 7.42. The second-order valence-corrected chi connectivity index (χ2v) is 3.32. The Morgan fingerprint density at radius 1 is 1.64 bits per heavy atom. The Morgan fingerprint density at radius 2 is 2.36 bits per heavy atom. The van der Waals surface area contributed by atoms with Crippen LogP contribution in [0.1, 0.15) is 6.42 Å². The van der Waals surface area contributed by atoms with Crippen molar-refractivity contribution in [1.29, 1.82) is 0 Å². The third kappa shape index (κ3) is 2.15. The summed E-state index contributed by atoms with van der Waals surface area (Å²) >= 11 is 0. The molecule has 0 spiro atoms. The molecular weight excluding hydrogens is 140 g/mol. The summed E-state index contributed by atoms with van der Waals surface area (Å²) in [5, 5.41) is 0. The molecule has 1 rings (SSSR count). The monoisotopic (exact) mass is 158 g/mol. The molecule has 1 heterocycles. The van der Waals surface area contributed by atoms with Crippen molar-refractivity contribution in [3.05, 3.63) is 0 Å². The molecular formula is C8H18N2O. The summed E-state index contributed by atoms with van der Waals surface area (Å²) in [4.78, 5) is 2.29. The maximum atomic E-state index is 5.62. The van der Waals surface area contributed by atoms with Crippen LogP contribution >= 0.6 is 0 Å². The van der Waals surface area contributed by atoms with E-state index < -0.39 is 0 Å². The number of hydrogen-bond donors (Lipinski definition) is 1. The van der Waals surface area contributed by atoms with Gasteiger partial charge in [-0.05, 0) is 32.5 Å². The second kappa shape index (κ2) is 4.04. The minimum Gasteiger partial charge on any atom is -0.380 e. The first-order chi connectivity index (χ1) is 5.27. The quantitative estimate of drug-likeness (QED) is 0.610. The number of likely N-dealkylation sites (N-methyl/N-ethyl adjacent to an activating group) is 1. The van der Waals surface area contributed by atoms with Gasteiger partial charge in [-0.25, -0.2) is 0 Å². The molecule has 11 heavy (non-hydrogen) atoms. The molecule has 1 aliphatic heterocycles. The SMILES string of the molecule is COC1CN(C)CCC1CN. The van der Waals surface area contributed by atoms with Gasteiger partial charge in [0.2, 0.25) is 0 Å². The van der Waals surface area contributed by atoms with Gasteiger partial charge >= 0.3 is 0 Å². The average Bonchev–Trinajstić information content (AvgIpc) is 2.04. The van der Waals surface area contributed by atoms with Crippen LogP contribution in [0.3, 0.4) is 0 Å². The number of nitrogens with two attached hydrogens (primary N) is 1. The lowest BCUT2D eigenvalue weighted by Crippen LogP contribution is -2.45. The Morgan fingerprint density at radius 3 is 2.91 bits per heavy atom. The number of methoxy groups -OCH3 is 1. The van der Waals surface area contributed by atoms with E-state index in [1.807, 2.05) is 0 Å². The Balaban J connectivity index is 2.41. The molecule has 0 radical (unpaired) electrons. The molecule has 0 amide bonds. The van der Waals surface area contributed by atoms with Gasteiger partial charge in [-0.15, -0.1) is 0 Å². The van der Waals surface area contributed by atoms with Gasteiger partial charge in [0.15, 0.2) is 0 Å². The van der Waals surface area contributed by atoms with Crippen molar-refractivity contribution in [2.75, 3.05) is 33.8 Å². The number of rotatable bonds is 2. The first kappa shape index (κ1) is 8.97. The van der Waals surface area contributed by atoms with Crippen LogP contribution in [0, 0.1) is 5.92 Å². The Labute approximate surface area is 68.5 Å². The fourth-order valence-electron chi connectivity index (χ4n) is 1.66. The highest BCUT2D eigenvalue weighted by Crippen LogP contribution is 2.17. The van der Waals surface area contributed by atoms with Crippen molar-refractivity contribution in [3.8, 4) is 0 Å². The number of hydrogen-bond acceptors (Lipinski definition) is 3. The van der Waals surface area contributed by atoms with E-state index in [9.17, 15) is 0 Å². The molecule has 1 fully saturated rings. The van der Waals surface area contributed by atoms with Crippen molar-refractivity contribution in [1.82, 2.24) is 4.90 Å². The maximum absolute atomic E-state index is 5.62. The molecule has 2 N–H and O–H groups in total. The molecule has 3 heteroatoms. The van der Waals surface area contributed by atoms with Crippen LogP contribution in [0.5, 0.6) is 0 Å². The Kier molecular flexibility index (Phi) is 3.30. The largest absolute Gasteiger partial charge is 0.380 e. The van der Waals surface area contributed by atoms with E-state index in [0.29, 0.717) is 12.0 Å². The van der Waals surface area contributed by atoms with Gasteiger partial charge in [0.1, 0.15) is 0 Å². The number of piperidine rings is 1. The van der Waals surface area contributed by atoms with E-state index >= 15 is 0 Å². The number of ether oxygens (including phenoxy) is 1. The molecule has 0 aliphatic carbocycles. The highest BCUT2D eigenvalue weighted by atomic mass is 16.5. The highest BCUT2D eigenvalue weighted by Gasteiger charge is 2.25. The van der Waals surface area contributed by atoms with Gasteiger partial charge in [-0.1, -0.05) is 0 Å². The number of likely N-dealkylation sites (tertiary alicyclic amines) is 1. The summed E-state index contributed by atoms with van der Waals surface area (Å²) in [6, 6.07) is 0. The van der Waals surface area contributed by atoms with Crippen LogP contribution in [-0.4, -0.2) is 44.8 Å². The van der Waals surface area contributed by atoms with Gasteiger partial charge in [0, 0.05) is 13.7 Å². The predicted molar refractivity (Wildman–Crippen MR) is 45.5 cm³/mol. The van der Waals surface area contributed by atoms with E-state index in [0.717, 1.165) is 19.6 Å². The lowest BCUT2D eigenvalue weighted by molar-refractivity contribution is -0.000100. The van der Waals surface area contributed by atoms with Crippen LogP contribution in [-0.2, 0) is 4.74 Å². The first-order valence-electron chi connectivity index (χ1n) is 4.19. The third-order valence-corrected chi connectivity index (χ3v) is 2.50. The summed E-state index contributed by atoms with van der Waals surface area (Å²) in [7, 11) is 3.89. The van der Waals surface area contributed by atoms with Crippen LogP contribution < -0.4 is 5.73 Å². The standard InChI is InChI=1S/C8H18N2O/c1-10-4-3-7(5-9)8(6-10)11-2/h7-8H,3-6,9H2,1-2H3. The smallest absolute Gasteiger partial charge is 0.0738 e. The van der Waals surface area contributed by atoms with Gasteiger partial charge < -0.3 is 15.4 Å². The fraction of sp³-hybridized carbons (Fsp3) is 1.00.